The summed E-state index contributed by atoms with van der Waals surface area (Å²) < 4.78 is 0. The van der Waals surface area contributed by atoms with Gasteiger partial charge in [0.2, 0.25) is 0 Å². The Kier molecular flexibility index (Phi) is 6.57. The number of hydrogen-bond acceptors (Lipinski definition) is 2. The van der Waals surface area contributed by atoms with Gasteiger partial charge in [0.15, 0.2) is 0 Å². The normalized spacial score (nSPS) is 13.9. The summed E-state index contributed by atoms with van der Waals surface area (Å²) in [5, 5.41) is 8.99. The van der Waals surface area contributed by atoms with E-state index in [0.717, 1.165) is 32.5 Å². The first-order valence-electron chi connectivity index (χ1n) is 4.61. The smallest absolute Gasteiger partial charge is 0.0512 e. The summed E-state index contributed by atoms with van der Waals surface area (Å²) in [4.78, 5) is 2.38. The Balaban J connectivity index is 3.21. The second kappa shape index (κ2) is 6.62. The standard InChI is InChI=1S/C9H21NO/c1-4-10(5-2)8-6-7-9(3)11/h9,11H,4-8H2,1-3H3/t9-/m0/s1. The van der Waals surface area contributed by atoms with Crippen LogP contribution in [0, 0.1) is 0 Å². The zero-order valence-corrected chi connectivity index (χ0v) is 8.01. The maximum atomic E-state index is 8.99. The van der Waals surface area contributed by atoms with Crippen molar-refractivity contribution in [3.05, 3.63) is 0 Å². The molecule has 0 bridgehead atoms. The summed E-state index contributed by atoms with van der Waals surface area (Å²) in [5.74, 6) is 0. The van der Waals surface area contributed by atoms with E-state index in [2.05, 4.69) is 18.7 Å². The molecule has 0 amide bonds. The molecule has 0 aliphatic heterocycles. The Morgan fingerprint density at radius 1 is 1.27 bits per heavy atom. The van der Waals surface area contributed by atoms with Gasteiger partial charge in [-0.05, 0) is 39.4 Å². The number of nitrogens with zero attached hydrogens (tertiary/aromatic N) is 1. The van der Waals surface area contributed by atoms with E-state index in [-0.39, 0.29) is 6.10 Å². The van der Waals surface area contributed by atoms with Crippen LogP contribution in [-0.2, 0) is 0 Å². The molecule has 0 radical (unpaired) electrons. The van der Waals surface area contributed by atoms with Crippen molar-refractivity contribution < 1.29 is 5.11 Å². The van der Waals surface area contributed by atoms with E-state index in [1.807, 2.05) is 6.92 Å². The summed E-state index contributed by atoms with van der Waals surface area (Å²) >= 11 is 0. The lowest BCUT2D eigenvalue weighted by Gasteiger charge is -2.17. The lowest BCUT2D eigenvalue weighted by molar-refractivity contribution is 0.172. The van der Waals surface area contributed by atoms with Crippen LogP contribution < -0.4 is 0 Å². The van der Waals surface area contributed by atoms with Crippen LogP contribution in [0.4, 0.5) is 0 Å². The largest absolute Gasteiger partial charge is 0.393 e. The van der Waals surface area contributed by atoms with Crippen LogP contribution in [0.2, 0.25) is 0 Å². The SMILES string of the molecule is CCN(CC)CCC[C@H](C)O. The van der Waals surface area contributed by atoms with Gasteiger partial charge in [-0.15, -0.1) is 0 Å². The Morgan fingerprint density at radius 3 is 2.18 bits per heavy atom. The highest BCUT2D eigenvalue weighted by Crippen LogP contribution is 1.98. The highest BCUT2D eigenvalue weighted by atomic mass is 16.3. The second-order valence-electron chi connectivity index (χ2n) is 3.02. The molecule has 2 heteroatoms. The minimum absolute atomic E-state index is 0.134. The number of rotatable bonds is 6. The van der Waals surface area contributed by atoms with Crippen molar-refractivity contribution >= 4 is 0 Å². The van der Waals surface area contributed by atoms with Gasteiger partial charge in [-0.1, -0.05) is 13.8 Å². The van der Waals surface area contributed by atoms with E-state index in [9.17, 15) is 0 Å². The van der Waals surface area contributed by atoms with Crippen LogP contribution in [0.5, 0.6) is 0 Å². The van der Waals surface area contributed by atoms with E-state index < -0.39 is 0 Å². The molecule has 0 saturated carbocycles. The summed E-state index contributed by atoms with van der Waals surface area (Å²) in [5.41, 5.74) is 0. The maximum absolute atomic E-state index is 8.99. The molecule has 68 valence electrons. The number of hydrogen-bond donors (Lipinski definition) is 1. The first-order chi connectivity index (χ1) is 5.20. The van der Waals surface area contributed by atoms with Crippen molar-refractivity contribution in [3.8, 4) is 0 Å². The molecule has 1 atom stereocenters. The van der Waals surface area contributed by atoms with E-state index in [0.29, 0.717) is 0 Å². The van der Waals surface area contributed by atoms with Crippen molar-refractivity contribution in [3.63, 3.8) is 0 Å². The molecule has 0 aromatic carbocycles. The van der Waals surface area contributed by atoms with Crippen LogP contribution in [0.15, 0.2) is 0 Å². The zero-order valence-electron chi connectivity index (χ0n) is 8.01. The van der Waals surface area contributed by atoms with Crippen LogP contribution in [-0.4, -0.2) is 35.7 Å². The Hall–Kier alpha value is -0.0800. The fraction of sp³-hybridized carbons (Fsp3) is 1.00. The van der Waals surface area contributed by atoms with Gasteiger partial charge < -0.3 is 10.0 Å². The highest BCUT2D eigenvalue weighted by Gasteiger charge is 1.99. The molecular weight excluding hydrogens is 138 g/mol. The molecule has 0 aliphatic carbocycles. The molecule has 0 unspecified atom stereocenters. The lowest BCUT2D eigenvalue weighted by Crippen LogP contribution is -2.24. The second-order valence-corrected chi connectivity index (χ2v) is 3.02. The Bertz CT molecular complexity index is 79.6. The quantitative estimate of drug-likeness (QED) is 0.634. The van der Waals surface area contributed by atoms with Gasteiger partial charge in [-0.3, -0.25) is 0 Å². The maximum Gasteiger partial charge on any atom is 0.0512 e. The third-order valence-electron chi connectivity index (χ3n) is 1.99. The fourth-order valence-electron chi connectivity index (χ4n) is 1.15. The van der Waals surface area contributed by atoms with Gasteiger partial charge in [-0.2, -0.15) is 0 Å². The fourth-order valence-corrected chi connectivity index (χ4v) is 1.15. The van der Waals surface area contributed by atoms with Crippen molar-refractivity contribution in [1.82, 2.24) is 4.90 Å². The van der Waals surface area contributed by atoms with E-state index in [1.54, 1.807) is 0 Å². The van der Waals surface area contributed by atoms with Crippen molar-refractivity contribution in [2.75, 3.05) is 19.6 Å². The third-order valence-corrected chi connectivity index (χ3v) is 1.99. The minimum atomic E-state index is -0.134. The average Bonchev–Trinajstić information content (AvgIpc) is 1.98. The molecule has 0 spiro atoms. The molecule has 0 aliphatic rings. The molecule has 0 aromatic heterocycles. The lowest BCUT2D eigenvalue weighted by atomic mass is 10.2. The number of aliphatic hydroxyl groups excluding tert-OH is 1. The predicted molar refractivity (Wildman–Crippen MR) is 48.7 cm³/mol. The monoisotopic (exact) mass is 159 g/mol. The van der Waals surface area contributed by atoms with Crippen molar-refractivity contribution in [2.45, 2.75) is 39.7 Å². The first kappa shape index (κ1) is 10.9. The molecule has 11 heavy (non-hydrogen) atoms. The molecule has 1 N–H and O–H groups in total. The number of aliphatic hydroxyl groups is 1. The molecule has 0 fully saturated rings. The molecular formula is C9H21NO. The van der Waals surface area contributed by atoms with Crippen LogP contribution in [0.3, 0.4) is 0 Å². The summed E-state index contributed by atoms with van der Waals surface area (Å²) in [6, 6.07) is 0. The Labute approximate surface area is 70.2 Å². The van der Waals surface area contributed by atoms with Crippen LogP contribution >= 0.6 is 0 Å². The van der Waals surface area contributed by atoms with E-state index >= 15 is 0 Å². The molecule has 2 nitrogen and oxygen atoms in total. The summed E-state index contributed by atoms with van der Waals surface area (Å²) in [6.07, 6.45) is 1.90. The third kappa shape index (κ3) is 6.32. The topological polar surface area (TPSA) is 23.5 Å². The van der Waals surface area contributed by atoms with Gasteiger partial charge >= 0.3 is 0 Å². The average molecular weight is 159 g/mol. The van der Waals surface area contributed by atoms with Gasteiger partial charge in [0.05, 0.1) is 6.10 Å². The van der Waals surface area contributed by atoms with Gasteiger partial charge in [0, 0.05) is 0 Å². The van der Waals surface area contributed by atoms with Crippen LogP contribution in [0.1, 0.15) is 33.6 Å². The van der Waals surface area contributed by atoms with Gasteiger partial charge in [0.1, 0.15) is 0 Å². The van der Waals surface area contributed by atoms with Gasteiger partial charge in [-0.25, -0.2) is 0 Å². The Morgan fingerprint density at radius 2 is 1.82 bits per heavy atom. The van der Waals surface area contributed by atoms with E-state index in [4.69, 9.17) is 5.11 Å². The zero-order chi connectivity index (χ0) is 8.69. The van der Waals surface area contributed by atoms with Crippen molar-refractivity contribution in [2.24, 2.45) is 0 Å². The minimum Gasteiger partial charge on any atom is -0.393 e. The first-order valence-corrected chi connectivity index (χ1v) is 4.61. The highest BCUT2D eigenvalue weighted by molar-refractivity contribution is 4.54. The van der Waals surface area contributed by atoms with E-state index in [1.165, 1.54) is 0 Å². The van der Waals surface area contributed by atoms with Crippen LogP contribution in [0.25, 0.3) is 0 Å². The molecule has 0 heterocycles. The molecule has 0 saturated heterocycles. The van der Waals surface area contributed by atoms with Crippen molar-refractivity contribution in [1.29, 1.82) is 0 Å². The predicted octanol–water partition coefficient (Wildman–Crippen LogP) is 1.49. The summed E-state index contributed by atoms with van der Waals surface area (Å²) in [7, 11) is 0. The van der Waals surface area contributed by atoms with Gasteiger partial charge in [0.25, 0.3) is 0 Å². The molecule has 0 rings (SSSR count). The summed E-state index contributed by atoms with van der Waals surface area (Å²) in [6.45, 7) is 9.56. The molecule has 0 aromatic rings.